The normalized spacial score (nSPS) is 16.4. The molecular formula is C24H25N3O6S. The number of methoxy groups -OCH3 is 1. The third kappa shape index (κ3) is 5.71. The molecule has 9 nitrogen and oxygen atoms in total. The first-order valence-corrected chi connectivity index (χ1v) is 12.2. The molecule has 0 bridgehead atoms. The topological polar surface area (TPSA) is 109 Å². The van der Waals surface area contributed by atoms with Crippen molar-refractivity contribution < 1.29 is 27.5 Å². The smallest absolute Gasteiger partial charge is 0.267 e. The van der Waals surface area contributed by atoms with E-state index in [-0.39, 0.29) is 4.90 Å². The number of carbonyl (C=O) groups excluding carboxylic acids is 1. The van der Waals surface area contributed by atoms with E-state index in [1.54, 1.807) is 30.5 Å². The summed E-state index contributed by atoms with van der Waals surface area (Å²) in [7, 11) is -2.30. The molecule has 1 N–H and O–H groups in total. The van der Waals surface area contributed by atoms with Crippen molar-refractivity contribution in [2.75, 3.05) is 13.7 Å². The van der Waals surface area contributed by atoms with E-state index in [2.05, 4.69) is 10.5 Å². The summed E-state index contributed by atoms with van der Waals surface area (Å²) in [6.45, 7) is 0.609. The molecule has 3 aromatic rings. The summed E-state index contributed by atoms with van der Waals surface area (Å²) in [5, 5.41) is 0. The van der Waals surface area contributed by atoms with Gasteiger partial charge in [-0.25, -0.2) is 27.7 Å². The molecule has 1 saturated heterocycles. The number of ether oxygens (including phenoxy) is 2. The molecule has 178 valence electrons. The van der Waals surface area contributed by atoms with Crippen molar-refractivity contribution in [1.82, 2.24) is 14.4 Å². The molecule has 0 spiro atoms. The Morgan fingerprint density at radius 1 is 1.21 bits per heavy atom. The van der Waals surface area contributed by atoms with E-state index >= 15 is 0 Å². The molecule has 1 aliphatic rings. The van der Waals surface area contributed by atoms with Crippen LogP contribution in [0.5, 0.6) is 5.88 Å². The number of amides is 1. The van der Waals surface area contributed by atoms with Gasteiger partial charge in [0.15, 0.2) is 6.29 Å². The lowest BCUT2D eigenvalue weighted by Crippen LogP contribution is -2.32. The molecule has 0 aliphatic carbocycles. The average molecular weight is 484 g/mol. The predicted molar refractivity (Wildman–Crippen MR) is 125 cm³/mol. The number of hydrogen-bond donors (Lipinski definition) is 1. The highest BCUT2D eigenvalue weighted by atomic mass is 32.2. The number of rotatable bonds is 8. The van der Waals surface area contributed by atoms with Crippen LogP contribution in [0.3, 0.4) is 0 Å². The van der Waals surface area contributed by atoms with Crippen LogP contribution in [0, 0.1) is 0 Å². The third-order valence-electron chi connectivity index (χ3n) is 5.23. The van der Waals surface area contributed by atoms with E-state index in [0.717, 1.165) is 28.8 Å². The Labute approximate surface area is 198 Å². The lowest BCUT2D eigenvalue weighted by molar-refractivity contribution is -0.198. The van der Waals surface area contributed by atoms with Gasteiger partial charge in [-0.05, 0) is 54.3 Å². The highest BCUT2D eigenvalue weighted by Crippen LogP contribution is 2.25. The van der Waals surface area contributed by atoms with Gasteiger partial charge in [-0.3, -0.25) is 4.79 Å². The van der Waals surface area contributed by atoms with Crippen molar-refractivity contribution in [2.24, 2.45) is 0 Å². The van der Waals surface area contributed by atoms with Crippen molar-refractivity contribution in [1.29, 1.82) is 0 Å². The zero-order valence-electron chi connectivity index (χ0n) is 18.6. The van der Waals surface area contributed by atoms with Crippen molar-refractivity contribution in [3.05, 3.63) is 72.7 Å². The standard InChI is InChI=1S/C24H25N3O6S/c1-31-23-11-9-20(16-25-23)19-5-4-6-21(15-19)34(29,30)27-13-12-18(17-27)8-10-22(28)26-33-24-7-2-3-14-32-24/h4-6,8-13,15-17,24H,2-3,7,14H2,1H3,(H,26,28)/b10-8+. The lowest BCUT2D eigenvalue weighted by atomic mass is 10.1. The van der Waals surface area contributed by atoms with Crippen LogP contribution in [0.4, 0.5) is 0 Å². The molecule has 10 heteroatoms. The third-order valence-corrected chi connectivity index (χ3v) is 6.87. The van der Waals surface area contributed by atoms with Gasteiger partial charge < -0.3 is 9.47 Å². The molecule has 1 aliphatic heterocycles. The largest absolute Gasteiger partial charge is 0.481 e. The summed E-state index contributed by atoms with van der Waals surface area (Å²) >= 11 is 0. The number of aromatic nitrogens is 2. The monoisotopic (exact) mass is 483 g/mol. The minimum absolute atomic E-state index is 0.130. The van der Waals surface area contributed by atoms with E-state index < -0.39 is 22.2 Å². The predicted octanol–water partition coefficient (Wildman–Crippen LogP) is 3.38. The number of nitrogens with zero attached hydrogens (tertiary/aromatic N) is 2. The number of benzene rings is 1. The Kier molecular flexibility index (Phi) is 7.41. The number of pyridine rings is 1. The van der Waals surface area contributed by atoms with Crippen LogP contribution in [0.2, 0.25) is 0 Å². The van der Waals surface area contributed by atoms with Gasteiger partial charge in [0.1, 0.15) is 0 Å². The minimum Gasteiger partial charge on any atom is -0.481 e. The molecule has 1 fully saturated rings. The number of hydroxylamine groups is 1. The highest BCUT2D eigenvalue weighted by Gasteiger charge is 2.18. The summed E-state index contributed by atoms with van der Waals surface area (Å²) in [6, 6.07) is 11.7. The van der Waals surface area contributed by atoms with Gasteiger partial charge in [-0.2, -0.15) is 0 Å². The van der Waals surface area contributed by atoms with Gasteiger partial charge >= 0.3 is 0 Å². The fourth-order valence-corrected chi connectivity index (χ4v) is 4.66. The number of hydrogen-bond acceptors (Lipinski definition) is 7. The van der Waals surface area contributed by atoms with Gasteiger partial charge in [0.2, 0.25) is 5.88 Å². The first kappa shape index (κ1) is 23.7. The molecule has 1 unspecified atom stereocenters. The maximum absolute atomic E-state index is 13.1. The lowest BCUT2D eigenvalue weighted by Gasteiger charge is -2.21. The van der Waals surface area contributed by atoms with Gasteiger partial charge in [0.05, 0.1) is 12.0 Å². The second-order valence-electron chi connectivity index (χ2n) is 7.61. The van der Waals surface area contributed by atoms with E-state index in [9.17, 15) is 13.2 Å². The minimum atomic E-state index is -3.83. The van der Waals surface area contributed by atoms with E-state index in [1.165, 1.54) is 37.7 Å². The fourth-order valence-electron chi connectivity index (χ4n) is 3.40. The molecule has 34 heavy (non-hydrogen) atoms. The maximum Gasteiger partial charge on any atom is 0.267 e. The SMILES string of the molecule is COc1ccc(-c2cccc(S(=O)(=O)n3ccc(/C=C/C(=O)NOC4CCCCO4)c3)c2)cn1. The van der Waals surface area contributed by atoms with Gasteiger partial charge in [0.25, 0.3) is 15.9 Å². The van der Waals surface area contributed by atoms with Crippen molar-refractivity contribution >= 4 is 22.0 Å². The first-order valence-electron chi connectivity index (χ1n) is 10.7. The quantitative estimate of drug-likeness (QED) is 0.386. The van der Waals surface area contributed by atoms with Crippen LogP contribution in [0.1, 0.15) is 24.8 Å². The van der Waals surface area contributed by atoms with Crippen molar-refractivity contribution in [2.45, 2.75) is 30.4 Å². The summed E-state index contributed by atoms with van der Waals surface area (Å²) in [4.78, 5) is 21.5. The Balaban J connectivity index is 1.43. The zero-order valence-corrected chi connectivity index (χ0v) is 19.4. The first-order chi connectivity index (χ1) is 16.5. The van der Waals surface area contributed by atoms with E-state index in [1.807, 2.05) is 12.1 Å². The molecule has 1 atom stereocenters. The van der Waals surface area contributed by atoms with Gasteiger partial charge in [0, 0.05) is 49.3 Å². The van der Waals surface area contributed by atoms with E-state index in [4.69, 9.17) is 14.3 Å². The second-order valence-corrected chi connectivity index (χ2v) is 9.45. The fraction of sp³-hybridized carbons (Fsp3) is 0.250. The summed E-state index contributed by atoms with van der Waals surface area (Å²) in [5.41, 5.74) is 4.35. The van der Waals surface area contributed by atoms with Crippen LogP contribution in [-0.4, -0.2) is 43.3 Å². The molecule has 0 saturated carbocycles. The molecular weight excluding hydrogens is 458 g/mol. The molecule has 0 radical (unpaired) electrons. The van der Waals surface area contributed by atoms with Gasteiger partial charge in [-0.15, -0.1) is 0 Å². The highest BCUT2D eigenvalue weighted by molar-refractivity contribution is 7.90. The number of carbonyl (C=O) groups is 1. The Hall–Kier alpha value is -3.47. The Morgan fingerprint density at radius 2 is 2.09 bits per heavy atom. The summed E-state index contributed by atoms with van der Waals surface area (Å²) in [5.74, 6) is 0.00796. The van der Waals surface area contributed by atoms with Crippen molar-refractivity contribution in [3.8, 4) is 17.0 Å². The molecule has 2 aromatic heterocycles. The second kappa shape index (κ2) is 10.6. The van der Waals surface area contributed by atoms with Crippen LogP contribution in [0.15, 0.2) is 72.0 Å². The molecule has 3 heterocycles. The van der Waals surface area contributed by atoms with E-state index in [0.29, 0.717) is 23.6 Å². The maximum atomic E-state index is 13.1. The number of nitrogens with one attached hydrogen (secondary N) is 1. The Morgan fingerprint density at radius 3 is 2.82 bits per heavy atom. The van der Waals surface area contributed by atoms with Crippen LogP contribution in [-0.2, 0) is 24.4 Å². The summed E-state index contributed by atoms with van der Waals surface area (Å²) < 4.78 is 37.8. The molecule has 1 aromatic carbocycles. The average Bonchev–Trinajstić information content (AvgIpc) is 3.37. The summed E-state index contributed by atoms with van der Waals surface area (Å²) in [6.07, 6.45) is 9.51. The zero-order chi connectivity index (χ0) is 24.0. The Bertz CT molecular complexity index is 1260. The van der Waals surface area contributed by atoms with Crippen molar-refractivity contribution in [3.63, 3.8) is 0 Å². The van der Waals surface area contributed by atoms with Crippen LogP contribution in [0.25, 0.3) is 17.2 Å². The van der Waals surface area contributed by atoms with Gasteiger partial charge in [-0.1, -0.05) is 12.1 Å². The molecule has 1 amide bonds. The van der Waals surface area contributed by atoms with Crippen LogP contribution < -0.4 is 10.2 Å². The van der Waals surface area contributed by atoms with Crippen LogP contribution >= 0.6 is 0 Å². The molecule has 4 rings (SSSR count).